The predicted octanol–water partition coefficient (Wildman–Crippen LogP) is 12.3. The average Bonchev–Trinajstić information content (AvgIpc) is 3.09. The van der Waals surface area contributed by atoms with E-state index in [1.807, 2.05) is 24.3 Å². The zero-order chi connectivity index (χ0) is 28.8. The van der Waals surface area contributed by atoms with Crippen molar-refractivity contribution >= 4 is 76.2 Å². The van der Waals surface area contributed by atoms with Crippen LogP contribution in [0.3, 0.4) is 0 Å². The van der Waals surface area contributed by atoms with Crippen LogP contribution in [0.4, 0.5) is 0 Å². The van der Waals surface area contributed by atoms with E-state index in [1.165, 1.54) is 65.3 Å². The second-order valence-electron chi connectivity index (χ2n) is 11.6. The molecule has 0 radical (unpaired) electrons. The molecule has 10 aromatic rings. The highest BCUT2D eigenvalue weighted by molar-refractivity contribution is 6.41. The second kappa shape index (κ2) is 8.82. The minimum absolute atomic E-state index is 0.726. The molecule has 0 bridgehead atoms. The van der Waals surface area contributed by atoms with Crippen LogP contribution in [0.1, 0.15) is 0 Å². The summed E-state index contributed by atoms with van der Waals surface area (Å²) >= 11 is 0. The van der Waals surface area contributed by atoms with E-state index in [0.29, 0.717) is 0 Å². The Kier molecular flexibility index (Phi) is 4.75. The van der Waals surface area contributed by atoms with E-state index in [1.54, 1.807) is 0 Å². The Morgan fingerprint density at radius 1 is 0.295 bits per heavy atom. The van der Waals surface area contributed by atoms with E-state index >= 15 is 0 Å². The van der Waals surface area contributed by atoms with Gasteiger partial charge < -0.3 is 8.83 Å². The van der Waals surface area contributed by atoms with Gasteiger partial charge in [0.1, 0.15) is 0 Å². The topological polar surface area (TPSA) is 26.3 Å². The summed E-state index contributed by atoms with van der Waals surface area (Å²) in [5.41, 5.74) is 7.68. The standard InChI is InChI=1S/C42H24O2/c1-3-11-25(12-4-1)39-31-23-35-36(44-34-20-8-7-19-33(34)43-35)24-32(31)40(26-13-5-2-6-14-26)42-30-18-10-16-28-22-21-27-15-9-17-29(41(39)42)37(27)38(28)30/h1-24H. The van der Waals surface area contributed by atoms with Crippen molar-refractivity contribution < 1.29 is 8.83 Å². The summed E-state index contributed by atoms with van der Waals surface area (Å²) in [4.78, 5) is 0. The van der Waals surface area contributed by atoms with Gasteiger partial charge in [-0.3, -0.25) is 0 Å². The molecule has 0 unspecified atom stereocenters. The minimum Gasteiger partial charge on any atom is -0.449 e. The van der Waals surface area contributed by atoms with Crippen LogP contribution < -0.4 is 0 Å². The summed E-state index contributed by atoms with van der Waals surface area (Å²) in [6.07, 6.45) is 0. The zero-order valence-corrected chi connectivity index (χ0v) is 23.7. The van der Waals surface area contributed by atoms with Gasteiger partial charge in [-0.2, -0.15) is 0 Å². The van der Waals surface area contributed by atoms with E-state index in [2.05, 4.69) is 121 Å². The summed E-state index contributed by atoms with van der Waals surface area (Å²) in [7, 11) is 0. The Bertz CT molecular complexity index is 2560. The molecule has 2 nitrogen and oxygen atoms in total. The molecule has 0 atom stereocenters. The summed E-state index contributed by atoms with van der Waals surface area (Å²) in [5, 5.41) is 12.5. The van der Waals surface area contributed by atoms with Gasteiger partial charge in [-0.1, -0.05) is 121 Å². The number of hydrogen-bond acceptors (Lipinski definition) is 2. The van der Waals surface area contributed by atoms with Gasteiger partial charge in [-0.05, 0) is 100 Å². The summed E-state index contributed by atoms with van der Waals surface area (Å²) in [6.45, 7) is 0. The average molecular weight is 561 g/mol. The Hall–Kier alpha value is -5.86. The quantitative estimate of drug-likeness (QED) is 0.155. The first-order valence-corrected chi connectivity index (χ1v) is 15.0. The molecule has 0 saturated heterocycles. The third-order valence-electron chi connectivity index (χ3n) is 9.21. The molecule has 44 heavy (non-hydrogen) atoms. The van der Waals surface area contributed by atoms with E-state index in [4.69, 9.17) is 8.83 Å². The Morgan fingerprint density at radius 2 is 0.727 bits per heavy atom. The van der Waals surface area contributed by atoms with Crippen LogP contribution >= 0.6 is 0 Å². The van der Waals surface area contributed by atoms with Crippen molar-refractivity contribution in [3.63, 3.8) is 0 Å². The lowest BCUT2D eigenvalue weighted by molar-refractivity contribution is 0.582. The Labute approximate surface area is 252 Å². The van der Waals surface area contributed by atoms with Gasteiger partial charge >= 0.3 is 0 Å². The first-order chi connectivity index (χ1) is 21.8. The fraction of sp³-hybridized carbons (Fsp3) is 0. The summed E-state index contributed by atoms with van der Waals surface area (Å²) in [6, 6.07) is 51.9. The molecule has 0 fully saturated rings. The first-order valence-electron chi connectivity index (χ1n) is 15.0. The molecule has 9 aromatic carbocycles. The molecule has 1 heterocycles. The fourth-order valence-electron chi connectivity index (χ4n) is 7.43. The smallest absolute Gasteiger partial charge is 0.170 e. The zero-order valence-electron chi connectivity index (χ0n) is 23.7. The van der Waals surface area contributed by atoms with Crippen molar-refractivity contribution in [2.45, 2.75) is 0 Å². The number of hydrogen-bond donors (Lipinski definition) is 0. The predicted molar refractivity (Wildman–Crippen MR) is 184 cm³/mol. The molecule has 0 N–H and O–H groups in total. The van der Waals surface area contributed by atoms with Gasteiger partial charge in [-0.15, -0.1) is 0 Å². The van der Waals surface area contributed by atoms with E-state index in [-0.39, 0.29) is 0 Å². The van der Waals surface area contributed by atoms with Crippen LogP contribution in [0.5, 0.6) is 0 Å². The van der Waals surface area contributed by atoms with Crippen LogP contribution in [0.15, 0.2) is 154 Å². The SMILES string of the molecule is c1ccc(-c2c3cc4oc5ccccc5oc4cc3c(-c3ccccc3)c3c4cccc5ccc6cccc(c23)c6c54)cc1. The van der Waals surface area contributed by atoms with Gasteiger partial charge in [-0.25, -0.2) is 0 Å². The molecule has 1 aromatic heterocycles. The monoisotopic (exact) mass is 560 g/mol. The van der Waals surface area contributed by atoms with Crippen LogP contribution in [-0.4, -0.2) is 0 Å². The second-order valence-corrected chi connectivity index (χ2v) is 11.6. The number of fused-ring (bicyclic) bond motifs is 6. The van der Waals surface area contributed by atoms with Gasteiger partial charge in [0.05, 0.1) is 0 Å². The van der Waals surface area contributed by atoms with Crippen LogP contribution in [-0.2, 0) is 0 Å². The number of rotatable bonds is 2. The third-order valence-corrected chi connectivity index (χ3v) is 9.21. The maximum absolute atomic E-state index is 6.50. The minimum atomic E-state index is 0.726. The fourth-order valence-corrected chi connectivity index (χ4v) is 7.43. The van der Waals surface area contributed by atoms with Gasteiger partial charge in [0.15, 0.2) is 22.3 Å². The Morgan fingerprint density at radius 3 is 1.18 bits per heavy atom. The first kappa shape index (κ1) is 23.7. The molecule has 0 aliphatic heterocycles. The van der Waals surface area contributed by atoms with E-state index < -0.39 is 0 Å². The van der Waals surface area contributed by atoms with Crippen molar-refractivity contribution in [2.24, 2.45) is 0 Å². The molecule has 0 saturated carbocycles. The lowest BCUT2D eigenvalue weighted by atomic mass is 9.80. The summed E-state index contributed by atoms with van der Waals surface area (Å²) < 4.78 is 13.0. The van der Waals surface area contributed by atoms with Crippen LogP contribution in [0, 0.1) is 0 Å². The molecular weight excluding hydrogens is 536 g/mol. The molecule has 0 aliphatic rings. The van der Waals surface area contributed by atoms with Gasteiger partial charge in [0.25, 0.3) is 0 Å². The van der Waals surface area contributed by atoms with E-state index in [9.17, 15) is 0 Å². The van der Waals surface area contributed by atoms with Crippen LogP contribution in [0.2, 0.25) is 0 Å². The molecule has 2 heteroatoms. The highest BCUT2D eigenvalue weighted by atomic mass is 16.4. The Balaban J connectivity index is 1.57. The van der Waals surface area contributed by atoms with Crippen LogP contribution in [0.25, 0.3) is 98.4 Å². The van der Waals surface area contributed by atoms with Crippen molar-refractivity contribution in [1.82, 2.24) is 0 Å². The maximum atomic E-state index is 6.50. The molecule has 0 amide bonds. The largest absolute Gasteiger partial charge is 0.449 e. The molecule has 0 aliphatic carbocycles. The maximum Gasteiger partial charge on any atom is 0.170 e. The number of benzene rings is 9. The van der Waals surface area contributed by atoms with Crippen molar-refractivity contribution in [1.29, 1.82) is 0 Å². The van der Waals surface area contributed by atoms with Gasteiger partial charge in [0, 0.05) is 0 Å². The highest BCUT2D eigenvalue weighted by Gasteiger charge is 2.24. The molecular formula is C42H24O2. The lowest BCUT2D eigenvalue weighted by Crippen LogP contribution is -1.95. The van der Waals surface area contributed by atoms with Crippen molar-refractivity contribution in [3.8, 4) is 22.3 Å². The molecule has 10 rings (SSSR count). The normalized spacial score (nSPS) is 12.1. The van der Waals surface area contributed by atoms with E-state index in [0.717, 1.165) is 33.1 Å². The molecule has 0 spiro atoms. The van der Waals surface area contributed by atoms with Crippen molar-refractivity contribution in [2.75, 3.05) is 0 Å². The third kappa shape index (κ3) is 3.20. The number of para-hydroxylation sites is 2. The lowest BCUT2D eigenvalue weighted by Gasteiger charge is -2.23. The summed E-state index contributed by atoms with van der Waals surface area (Å²) in [5.74, 6) is 0. The van der Waals surface area contributed by atoms with Crippen molar-refractivity contribution in [3.05, 3.63) is 146 Å². The van der Waals surface area contributed by atoms with Gasteiger partial charge in [0.2, 0.25) is 0 Å². The molecule has 204 valence electrons. The highest BCUT2D eigenvalue weighted by Crippen LogP contribution is 2.51.